The molecule has 0 fully saturated rings. The van der Waals surface area contributed by atoms with Crippen LogP contribution in [0.2, 0.25) is 0 Å². The molecule has 0 aliphatic carbocycles. The van der Waals surface area contributed by atoms with E-state index in [4.69, 9.17) is 4.74 Å². The smallest absolute Gasteiger partial charge is 0.126 e. The van der Waals surface area contributed by atoms with Crippen molar-refractivity contribution in [1.29, 1.82) is 0 Å². The molecule has 0 saturated heterocycles. The van der Waals surface area contributed by atoms with Crippen molar-refractivity contribution < 1.29 is 4.74 Å². The predicted molar refractivity (Wildman–Crippen MR) is 165 cm³/mol. The van der Waals surface area contributed by atoms with E-state index in [0.717, 1.165) is 24.5 Å². The van der Waals surface area contributed by atoms with Gasteiger partial charge in [-0.15, -0.1) is 11.8 Å². The van der Waals surface area contributed by atoms with E-state index in [2.05, 4.69) is 116 Å². The van der Waals surface area contributed by atoms with Gasteiger partial charge in [-0.25, -0.2) is 0 Å². The maximum absolute atomic E-state index is 6.58. The molecule has 0 aliphatic rings. The second-order valence-corrected chi connectivity index (χ2v) is 13.1. The van der Waals surface area contributed by atoms with Gasteiger partial charge in [-0.3, -0.25) is 0 Å². The Kier molecular flexibility index (Phi) is 10.1. The number of ether oxygens (including phenoxy) is 1. The average Bonchev–Trinajstić information content (AvgIpc) is 2.86. The normalized spacial score (nSPS) is 12.0. The molecule has 0 saturated carbocycles. The molecule has 0 heterocycles. The number of benzene rings is 3. The van der Waals surface area contributed by atoms with Gasteiger partial charge in [-0.1, -0.05) is 117 Å². The molecule has 3 aromatic carbocycles. The molecule has 0 unspecified atom stereocenters. The fourth-order valence-corrected chi connectivity index (χ4v) is 5.51. The summed E-state index contributed by atoms with van der Waals surface area (Å²) < 4.78 is 6.58. The molecule has 0 N–H and O–H groups in total. The van der Waals surface area contributed by atoms with E-state index in [1.165, 1.54) is 57.5 Å². The maximum Gasteiger partial charge on any atom is 0.126 e. The Hall–Kier alpha value is -2.45. The Bertz CT molecular complexity index is 1130. The van der Waals surface area contributed by atoms with Gasteiger partial charge >= 0.3 is 0 Å². The van der Waals surface area contributed by atoms with E-state index in [1.807, 2.05) is 17.8 Å². The number of hydrogen-bond acceptors (Lipinski definition) is 2. The van der Waals surface area contributed by atoms with Gasteiger partial charge in [0.05, 0.1) is 6.61 Å². The van der Waals surface area contributed by atoms with Crippen molar-refractivity contribution >= 4 is 17.8 Å². The van der Waals surface area contributed by atoms with E-state index in [9.17, 15) is 0 Å². The van der Waals surface area contributed by atoms with Crippen LogP contribution in [0.5, 0.6) is 5.75 Å². The van der Waals surface area contributed by atoms with Crippen molar-refractivity contribution in [3.05, 3.63) is 89.5 Å². The lowest BCUT2D eigenvalue weighted by Gasteiger charge is -2.31. The highest BCUT2D eigenvalue weighted by atomic mass is 32.2. The van der Waals surface area contributed by atoms with Crippen molar-refractivity contribution in [1.82, 2.24) is 0 Å². The van der Waals surface area contributed by atoms with Crippen LogP contribution in [0.15, 0.2) is 72.1 Å². The lowest BCUT2D eigenvalue weighted by Crippen LogP contribution is -2.20. The minimum atomic E-state index is -0.0263. The van der Waals surface area contributed by atoms with Gasteiger partial charge < -0.3 is 4.74 Å². The number of unbranched alkanes of at least 4 members (excludes halogenated alkanes) is 3. The first kappa shape index (κ1) is 29.1. The van der Waals surface area contributed by atoms with Gasteiger partial charge in [0, 0.05) is 21.8 Å². The van der Waals surface area contributed by atoms with Crippen LogP contribution >= 0.6 is 11.8 Å². The van der Waals surface area contributed by atoms with Crippen molar-refractivity contribution in [2.45, 2.75) is 95.6 Å². The molecule has 37 heavy (non-hydrogen) atoms. The summed E-state index contributed by atoms with van der Waals surface area (Å²) >= 11 is 1.87. The third-order valence-corrected chi connectivity index (χ3v) is 7.91. The highest BCUT2D eigenvalue weighted by Crippen LogP contribution is 2.43. The molecule has 198 valence electrons. The van der Waals surface area contributed by atoms with Crippen molar-refractivity contribution in [3.63, 3.8) is 0 Å². The second-order valence-electron chi connectivity index (χ2n) is 12.0. The highest BCUT2D eigenvalue weighted by Gasteiger charge is 2.28. The summed E-state index contributed by atoms with van der Waals surface area (Å²) in [5.41, 5.74) is 7.51. The third-order valence-electron chi connectivity index (χ3n) is 6.75. The average molecular weight is 515 g/mol. The zero-order chi connectivity index (χ0) is 27.1. The minimum absolute atomic E-state index is 0.0263. The molecule has 1 nitrogen and oxygen atoms in total. The zero-order valence-corrected chi connectivity index (χ0v) is 24.9. The number of thioether (sulfide) groups is 1. The van der Waals surface area contributed by atoms with Crippen LogP contribution < -0.4 is 4.74 Å². The Morgan fingerprint density at radius 1 is 0.784 bits per heavy atom. The molecular weight excluding hydrogens is 468 g/mol. The fourth-order valence-electron chi connectivity index (χ4n) is 4.52. The van der Waals surface area contributed by atoms with Gasteiger partial charge in [0.25, 0.3) is 0 Å². The predicted octanol–water partition coefficient (Wildman–Crippen LogP) is 10.8. The third kappa shape index (κ3) is 8.01. The van der Waals surface area contributed by atoms with Gasteiger partial charge in [-0.2, -0.15) is 0 Å². The lowest BCUT2D eigenvalue weighted by molar-refractivity contribution is 0.289. The first-order valence-corrected chi connectivity index (χ1v) is 14.8. The van der Waals surface area contributed by atoms with Crippen molar-refractivity contribution in [3.8, 4) is 16.9 Å². The molecule has 0 bridgehead atoms. The maximum atomic E-state index is 6.58. The van der Waals surface area contributed by atoms with Crippen LogP contribution in [0.25, 0.3) is 17.2 Å². The highest BCUT2D eigenvalue weighted by molar-refractivity contribution is 7.98. The van der Waals surface area contributed by atoms with Gasteiger partial charge in [0.1, 0.15) is 5.75 Å². The molecule has 3 aromatic rings. The SMILES string of the molecule is C=Cc1cc(-c2cc(C(C)(C)C)c(OCCCCCC)c(C(C)(C)C)c2)ccc1SCc1ccccc1. The summed E-state index contributed by atoms with van der Waals surface area (Å²) in [6.07, 6.45) is 6.83. The van der Waals surface area contributed by atoms with Gasteiger partial charge in [0.15, 0.2) is 0 Å². The zero-order valence-electron chi connectivity index (χ0n) is 24.1. The number of hydrogen-bond donors (Lipinski definition) is 0. The Labute approximate surface area is 230 Å². The van der Waals surface area contributed by atoms with Crippen LogP contribution in [-0.4, -0.2) is 6.61 Å². The standard InChI is InChI=1S/C35H46OS/c1-9-11-12-16-21-36-33-30(34(3,4)5)23-29(24-31(33)35(6,7)8)28-19-20-32(27(10-2)22-28)37-25-26-17-14-13-15-18-26/h10,13-15,17-20,22-24H,2,9,11-12,16,21,25H2,1,3-8H3. The summed E-state index contributed by atoms with van der Waals surface area (Å²) in [4.78, 5) is 1.27. The van der Waals surface area contributed by atoms with Gasteiger partial charge in [-0.05, 0) is 63.8 Å². The first-order chi connectivity index (χ1) is 17.5. The molecule has 0 amide bonds. The minimum Gasteiger partial charge on any atom is -0.493 e. The molecule has 0 aliphatic heterocycles. The van der Waals surface area contributed by atoms with E-state index in [1.54, 1.807) is 0 Å². The van der Waals surface area contributed by atoms with E-state index in [-0.39, 0.29) is 10.8 Å². The fraction of sp³-hybridized carbons (Fsp3) is 0.429. The summed E-state index contributed by atoms with van der Waals surface area (Å²) in [6.45, 7) is 20.9. The van der Waals surface area contributed by atoms with E-state index in [0.29, 0.717) is 0 Å². The quantitative estimate of drug-likeness (QED) is 0.186. The van der Waals surface area contributed by atoms with Crippen LogP contribution in [0.1, 0.15) is 96.4 Å². The Morgan fingerprint density at radius 2 is 1.43 bits per heavy atom. The van der Waals surface area contributed by atoms with Crippen LogP contribution in [0.4, 0.5) is 0 Å². The monoisotopic (exact) mass is 514 g/mol. The first-order valence-electron chi connectivity index (χ1n) is 13.8. The summed E-state index contributed by atoms with van der Waals surface area (Å²) in [5.74, 6) is 2.03. The summed E-state index contributed by atoms with van der Waals surface area (Å²) in [5, 5.41) is 0. The van der Waals surface area contributed by atoms with Gasteiger partial charge in [0.2, 0.25) is 0 Å². The molecule has 0 aromatic heterocycles. The number of rotatable bonds is 11. The molecule has 0 spiro atoms. The van der Waals surface area contributed by atoms with Crippen molar-refractivity contribution in [2.75, 3.05) is 6.61 Å². The molecular formula is C35H46OS. The van der Waals surface area contributed by atoms with E-state index < -0.39 is 0 Å². The topological polar surface area (TPSA) is 9.23 Å². The molecule has 3 rings (SSSR count). The van der Waals surface area contributed by atoms with Crippen LogP contribution in [0.3, 0.4) is 0 Å². The van der Waals surface area contributed by atoms with Crippen LogP contribution in [-0.2, 0) is 16.6 Å². The molecule has 0 atom stereocenters. The molecule has 2 heteroatoms. The summed E-state index contributed by atoms with van der Waals surface area (Å²) in [7, 11) is 0. The second kappa shape index (κ2) is 12.9. The summed E-state index contributed by atoms with van der Waals surface area (Å²) in [6, 6.07) is 22.2. The van der Waals surface area contributed by atoms with Crippen LogP contribution in [0, 0.1) is 0 Å². The van der Waals surface area contributed by atoms with E-state index >= 15 is 0 Å². The molecule has 0 radical (unpaired) electrons. The van der Waals surface area contributed by atoms with Crippen molar-refractivity contribution in [2.24, 2.45) is 0 Å². The Morgan fingerprint density at radius 3 is 2.00 bits per heavy atom. The lowest BCUT2D eigenvalue weighted by atomic mass is 9.77. The Balaban J connectivity index is 2.00. The largest absolute Gasteiger partial charge is 0.493 e.